The van der Waals surface area contributed by atoms with Gasteiger partial charge in [0, 0.05) is 11.1 Å². The Kier molecular flexibility index (Phi) is 6.61. The molecule has 0 N–H and O–H groups in total. The summed E-state index contributed by atoms with van der Waals surface area (Å²) in [5, 5.41) is 0. The summed E-state index contributed by atoms with van der Waals surface area (Å²) in [6, 6.07) is -4.22. The molecule has 0 heterocycles. The van der Waals surface area contributed by atoms with Gasteiger partial charge < -0.3 is 0 Å². The van der Waals surface area contributed by atoms with Gasteiger partial charge in [-0.1, -0.05) is 0 Å². The number of hydrogen-bond acceptors (Lipinski definition) is 0. The van der Waals surface area contributed by atoms with E-state index >= 15 is 0 Å². The summed E-state index contributed by atoms with van der Waals surface area (Å²) in [6.45, 7) is 0. The highest BCUT2D eigenvalue weighted by Crippen LogP contribution is 2.65. The van der Waals surface area contributed by atoms with Crippen LogP contribution < -0.4 is 0 Å². The van der Waals surface area contributed by atoms with Gasteiger partial charge >= 0.3 is 42.5 Å². The van der Waals surface area contributed by atoms with Gasteiger partial charge in [0.25, 0.3) is 0 Å². The number of hydrogen-bond donors (Lipinski definition) is 0. The zero-order valence-corrected chi connectivity index (χ0v) is 17.8. The largest absolute Gasteiger partial charge is 0.416 e. The molecule has 3 rings (SSSR count). The first-order chi connectivity index (χ1) is 17.1. The van der Waals surface area contributed by atoms with Crippen LogP contribution in [0.3, 0.4) is 0 Å². The van der Waals surface area contributed by atoms with Crippen molar-refractivity contribution >= 4 is 11.1 Å². The molecule has 0 saturated heterocycles. The average Bonchev–Trinajstić information content (AvgIpc) is 2.84. The van der Waals surface area contributed by atoms with Crippen LogP contribution in [0.25, 0.3) is 11.1 Å². The van der Waals surface area contributed by atoms with Crippen LogP contribution in [-0.2, 0) is 24.7 Å². The monoisotopic (exact) mass is 600 g/mol. The molecule has 0 fully saturated rings. The first-order valence-corrected chi connectivity index (χ1v) is 9.62. The second-order valence-corrected chi connectivity index (χ2v) is 8.06. The van der Waals surface area contributed by atoms with Gasteiger partial charge in [0.15, 0.2) is 0 Å². The molecule has 0 amide bonds. The van der Waals surface area contributed by atoms with Crippen LogP contribution in [-0.4, -0.2) is 17.8 Å². The molecule has 0 saturated carbocycles. The third kappa shape index (κ3) is 5.01. The molecular weight excluding hydrogens is 594 g/mol. The summed E-state index contributed by atoms with van der Waals surface area (Å²) in [7, 11) is 0. The maximum atomic E-state index is 14.7. The maximum Gasteiger partial charge on any atom is 0.416 e. The lowest BCUT2D eigenvalue weighted by atomic mass is 9.90. The predicted molar refractivity (Wildman–Crippen MR) is 94.5 cm³/mol. The van der Waals surface area contributed by atoms with Crippen molar-refractivity contribution in [3.05, 3.63) is 69.8 Å². The van der Waals surface area contributed by atoms with Crippen molar-refractivity contribution in [1.29, 1.82) is 0 Å². The van der Waals surface area contributed by atoms with E-state index in [0.717, 1.165) is 0 Å². The summed E-state index contributed by atoms with van der Waals surface area (Å²) < 4.78 is 246. The predicted octanol–water partition coefficient (Wildman–Crippen LogP) is 9.59. The van der Waals surface area contributed by atoms with E-state index in [1.165, 1.54) is 0 Å². The molecule has 39 heavy (non-hydrogen) atoms. The number of rotatable bonds is 2. The van der Waals surface area contributed by atoms with Crippen molar-refractivity contribution in [2.75, 3.05) is 0 Å². The van der Waals surface area contributed by atoms with E-state index in [4.69, 9.17) is 0 Å². The van der Waals surface area contributed by atoms with Gasteiger partial charge in [0.05, 0.1) is 22.3 Å². The molecule has 1 aliphatic rings. The van der Waals surface area contributed by atoms with Gasteiger partial charge in [-0.15, -0.1) is 0 Å². The molecule has 0 aliphatic heterocycles. The van der Waals surface area contributed by atoms with Crippen LogP contribution in [0.15, 0.2) is 36.4 Å². The highest BCUT2D eigenvalue weighted by Gasteiger charge is 2.80. The Hall–Kier alpha value is -3.08. The van der Waals surface area contributed by atoms with Gasteiger partial charge in [0.1, 0.15) is 0 Å². The van der Waals surface area contributed by atoms with E-state index in [1.54, 1.807) is 0 Å². The first kappa shape index (κ1) is 30.5. The molecule has 216 valence electrons. The van der Waals surface area contributed by atoms with Crippen LogP contribution in [0, 0.1) is 0 Å². The molecule has 0 aromatic heterocycles. The van der Waals surface area contributed by atoms with Crippen LogP contribution in [0.5, 0.6) is 0 Å². The Morgan fingerprint density at radius 3 is 0.744 bits per heavy atom. The minimum absolute atomic E-state index is 0.700. The molecule has 2 aromatic carbocycles. The van der Waals surface area contributed by atoms with Gasteiger partial charge in [-0.25, -0.2) is 0 Å². The molecule has 2 aromatic rings. The fourth-order valence-electron chi connectivity index (χ4n) is 3.67. The van der Waals surface area contributed by atoms with Crippen LogP contribution >= 0.6 is 0 Å². The molecule has 0 atom stereocenters. The number of benzene rings is 2. The zero-order valence-electron chi connectivity index (χ0n) is 17.8. The highest BCUT2D eigenvalue weighted by atomic mass is 19.4. The summed E-state index contributed by atoms with van der Waals surface area (Å²) in [5.41, 5.74) is -20.6. The third-order valence-electron chi connectivity index (χ3n) is 5.42. The second-order valence-electron chi connectivity index (χ2n) is 8.06. The normalized spacial score (nSPS) is 19.5. The van der Waals surface area contributed by atoms with Gasteiger partial charge in [-0.05, 0) is 47.5 Å². The van der Waals surface area contributed by atoms with E-state index in [1.807, 2.05) is 0 Å². The minimum Gasteiger partial charge on any atom is -0.194 e. The average molecular weight is 600 g/mol. The molecule has 0 spiro atoms. The van der Waals surface area contributed by atoms with Crippen molar-refractivity contribution in [2.45, 2.75) is 42.5 Å². The van der Waals surface area contributed by atoms with Gasteiger partial charge in [-0.3, -0.25) is 0 Å². The lowest BCUT2D eigenvalue weighted by molar-refractivity contribution is -0.254. The standard InChI is InChI=1S/C21H6F18/c22-15(23)13(7-1-9(17(26,27)28)5-10(2-7)18(29,30)31)14(16(24,25)21(15,38)39)8-3-11(19(32,33)34)6-12(4-8)20(35,36)37/h1-6H. The molecule has 0 bridgehead atoms. The van der Waals surface area contributed by atoms with Crippen molar-refractivity contribution < 1.29 is 79.0 Å². The summed E-state index contributed by atoms with van der Waals surface area (Å²) in [5.74, 6) is -19.5. The van der Waals surface area contributed by atoms with E-state index < -0.39 is 123 Å². The van der Waals surface area contributed by atoms with Crippen LogP contribution in [0.1, 0.15) is 33.4 Å². The summed E-state index contributed by atoms with van der Waals surface area (Å²) >= 11 is 0. The van der Waals surface area contributed by atoms with E-state index in [2.05, 4.69) is 0 Å². The van der Waals surface area contributed by atoms with Gasteiger partial charge in [0.2, 0.25) is 0 Å². The number of allylic oxidation sites excluding steroid dienone is 2. The minimum atomic E-state index is -6.73. The molecule has 0 unspecified atom stereocenters. The third-order valence-corrected chi connectivity index (χ3v) is 5.42. The lowest BCUT2D eigenvalue weighted by Gasteiger charge is -2.26. The Balaban J connectivity index is 2.60. The first-order valence-electron chi connectivity index (χ1n) is 9.62. The van der Waals surface area contributed by atoms with E-state index in [-0.39, 0.29) is 0 Å². The zero-order chi connectivity index (χ0) is 30.4. The Morgan fingerprint density at radius 1 is 0.359 bits per heavy atom. The molecule has 18 heteroatoms. The smallest absolute Gasteiger partial charge is 0.194 e. The topological polar surface area (TPSA) is 0 Å². The lowest BCUT2D eigenvalue weighted by Crippen LogP contribution is -2.49. The van der Waals surface area contributed by atoms with E-state index in [9.17, 15) is 79.0 Å². The highest BCUT2D eigenvalue weighted by molar-refractivity contribution is 6.01. The van der Waals surface area contributed by atoms with Crippen molar-refractivity contribution in [3.8, 4) is 0 Å². The second kappa shape index (κ2) is 8.46. The fraction of sp³-hybridized carbons (Fsp3) is 0.333. The summed E-state index contributed by atoms with van der Waals surface area (Å²) in [4.78, 5) is 0. The SMILES string of the molecule is FC(F)(F)c1cc(C2=C(c3cc(C(F)(F)F)cc(C(F)(F)F)c3)C(F)(F)C(F)(F)C2(F)F)cc(C(F)(F)F)c1. The van der Waals surface area contributed by atoms with Gasteiger partial charge in [-0.2, -0.15) is 79.0 Å². The Morgan fingerprint density at radius 2 is 0.564 bits per heavy atom. The molecular formula is C21H6F18. The van der Waals surface area contributed by atoms with Crippen molar-refractivity contribution in [1.82, 2.24) is 0 Å². The van der Waals surface area contributed by atoms with Crippen LogP contribution in [0.4, 0.5) is 79.0 Å². The number of halogens is 18. The van der Waals surface area contributed by atoms with Crippen molar-refractivity contribution in [3.63, 3.8) is 0 Å². The Labute approximate surface area is 203 Å². The maximum absolute atomic E-state index is 14.7. The molecule has 1 aliphatic carbocycles. The van der Waals surface area contributed by atoms with Crippen LogP contribution in [0.2, 0.25) is 0 Å². The summed E-state index contributed by atoms with van der Waals surface area (Å²) in [6.07, 6.45) is -23.4. The molecule has 0 radical (unpaired) electrons. The fourth-order valence-corrected chi connectivity index (χ4v) is 3.67. The number of alkyl halides is 18. The molecule has 0 nitrogen and oxygen atoms in total. The Bertz CT molecular complexity index is 1150. The van der Waals surface area contributed by atoms with Crippen molar-refractivity contribution in [2.24, 2.45) is 0 Å². The van der Waals surface area contributed by atoms with E-state index in [0.29, 0.717) is 0 Å². The quantitative estimate of drug-likeness (QED) is 0.302.